The van der Waals surface area contributed by atoms with Gasteiger partial charge in [0.25, 0.3) is 0 Å². The van der Waals surface area contributed by atoms with E-state index >= 15 is 0 Å². The van der Waals surface area contributed by atoms with Gasteiger partial charge in [-0.15, -0.1) is 0 Å². The van der Waals surface area contributed by atoms with Crippen LogP contribution in [0, 0.1) is 22.7 Å². The standard InChI is InChI=1S/C16H31N3/c1-5-16(18,13-17)9-6-10-19-11-7-14(8-12-19)15(2,3)4/h14H,5-12,18H2,1-4H3. The first-order valence-electron chi connectivity index (χ1n) is 7.73. The van der Waals surface area contributed by atoms with Gasteiger partial charge in [-0.3, -0.25) is 0 Å². The highest BCUT2D eigenvalue weighted by atomic mass is 15.1. The van der Waals surface area contributed by atoms with Crippen LogP contribution < -0.4 is 5.73 Å². The second-order valence-electron chi connectivity index (χ2n) is 7.21. The predicted molar refractivity (Wildman–Crippen MR) is 80.7 cm³/mol. The smallest absolute Gasteiger partial charge is 0.104 e. The van der Waals surface area contributed by atoms with E-state index in [2.05, 4.69) is 31.7 Å². The molecule has 0 aromatic rings. The van der Waals surface area contributed by atoms with Crippen LogP contribution in [0.1, 0.15) is 59.8 Å². The number of rotatable bonds is 5. The summed E-state index contributed by atoms with van der Waals surface area (Å²) in [5.74, 6) is 0.854. The largest absolute Gasteiger partial charge is 0.313 e. The third-order valence-electron chi connectivity index (χ3n) is 4.76. The van der Waals surface area contributed by atoms with Crippen molar-refractivity contribution in [1.82, 2.24) is 4.90 Å². The summed E-state index contributed by atoms with van der Waals surface area (Å²) in [6.45, 7) is 12.6. The SMILES string of the molecule is CCC(N)(C#N)CCCN1CCC(C(C)(C)C)CC1. The molecule has 0 aromatic heterocycles. The fraction of sp³-hybridized carbons (Fsp3) is 0.938. The van der Waals surface area contributed by atoms with E-state index in [1.807, 2.05) is 6.92 Å². The molecule has 1 heterocycles. The maximum atomic E-state index is 9.06. The van der Waals surface area contributed by atoms with Crippen LogP contribution in [0.5, 0.6) is 0 Å². The van der Waals surface area contributed by atoms with Gasteiger partial charge in [-0.2, -0.15) is 5.26 Å². The van der Waals surface area contributed by atoms with Crippen molar-refractivity contribution in [2.45, 2.75) is 65.3 Å². The van der Waals surface area contributed by atoms with Gasteiger partial charge >= 0.3 is 0 Å². The Bertz CT molecular complexity index is 305. The highest BCUT2D eigenvalue weighted by molar-refractivity contribution is 5.03. The Kier molecular flexibility index (Phi) is 5.82. The number of nitrogens with zero attached hydrogens (tertiary/aromatic N) is 2. The van der Waals surface area contributed by atoms with E-state index in [0.29, 0.717) is 5.41 Å². The molecule has 0 radical (unpaired) electrons. The summed E-state index contributed by atoms with van der Waals surface area (Å²) in [7, 11) is 0. The molecule has 19 heavy (non-hydrogen) atoms. The Balaban J connectivity index is 2.26. The molecule has 1 atom stereocenters. The number of nitrogens with two attached hydrogens (primary N) is 1. The van der Waals surface area contributed by atoms with Crippen LogP contribution in [0.25, 0.3) is 0 Å². The van der Waals surface area contributed by atoms with Gasteiger partial charge in [-0.1, -0.05) is 27.7 Å². The van der Waals surface area contributed by atoms with Crippen LogP contribution >= 0.6 is 0 Å². The normalized spacial score (nSPS) is 21.9. The highest BCUT2D eigenvalue weighted by Crippen LogP contribution is 2.34. The van der Waals surface area contributed by atoms with Gasteiger partial charge in [-0.25, -0.2) is 0 Å². The van der Waals surface area contributed by atoms with Gasteiger partial charge in [0.05, 0.1) is 6.07 Å². The van der Waals surface area contributed by atoms with Gasteiger partial charge < -0.3 is 10.6 Å². The minimum absolute atomic E-state index is 0.446. The molecule has 0 bridgehead atoms. The maximum absolute atomic E-state index is 9.06. The molecule has 1 aliphatic rings. The van der Waals surface area contributed by atoms with Crippen molar-refractivity contribution in [2.24, 2.45) is 17.1 Å². The molecule has 0 amide bonds. The van der Waals surface area contributed by atoms with Crippen molar-refractivity contribution in [1.29, 1.82) is 5.26 Å². The number of nitriles is 1. The molecular weight excluding hydrogens is 234 g/mol. The topological polar surface area (TPSA) is 53.1 Å². The first-order valence-corrected chi connectivity index (χ1v) is 7.73. The zero-order valence-electron chi connectivity index (χ0n) is 13.2. The zero-order valence-corrected chi connectivity index (χ0v) is 13.2. The van der Waals surface area contributed by atoms with E-state index in [0.717, 1.165) is 31.7 Å². The molecule has 3 nitrogen and oxygen atoms in total. The van der Waals surface area contributed by atoms with Crippen LogP contribution in [0.3, 0.4) is 0 Å². The van der Waals surface area contributed by atoms with Crippen molar-refractivity contribution in [3.63, 3.8) is 0 Å². The summed E-state index contributed by atoms with van der Waals surface area (Å²) in [5, 5.41) is 9.06. The van der Waals surface area contributed by atoms with Crippen molar-refractivity contribution in [3.05, 3.63) is 0 Å². The number of likely N-dealkylation sites (tertiary alicyclic amines) is 1. The van der Waals surface area contributed by atoms with Gasteiger partial charge in [-0.05, 0) is 63.1 Å². The van der Waals surface area contributed by atoms with Gasteiger partial charge in [0, 0.05) is 0 Å². The molecule has 1 rings (SSSR count). The Morgan fingerprint density at radius 3 is 2.26 bits per heavy atom. The summed E-state index contributed by atoms with van der Waals surface area (Å²) in [6.07, 6.45) is 5.22. The van der Waals surface area contributed by atoms with E-state index in [-0.39, 0.29) is 0 Å². The van der Waals surface area contributed by atoms with Gasteiger partial charge in [0.2, 0.25) is 0 Å². The van der Waals surface area contributed by atoms with Gasteiger partial charge in [0.1, 0.15) is 5.54 Å². The summed E-state index contributed by atoms with van der Waals surface area (Å²) in [6, 6.07) is 2.25. The molecular formula is C16H31N3. The lowest BCUT2D eigenvalue weighted by atomic mass is 9.75. The lowest BCUT2D eigenvalue weighted by Gasteiger charge is -2.39. The fourth-order valence-electron chi connectivity index (χ4n) is 2.95. The van der Waals surface area contributed by atoms with Crippen LogP contribution in [0.15, 0.2) is 0 Å². The van der Waals surface area contributed by atoms with Crippen LogP contribution in [0.4, 0.5) is 0 Å². The second-order valence-corrected chi connectivity index (χ2v) is 7.21. The summed E-state index contributed by atoms with van der Waals surface area (Å²) >= 11 is 0. The minimum atomic E-state index is -0.607. The lowest BCUT2D eigenvalue weighted by Crippen LogP contribution is -2.40. The minimum Gasteiger partial charge on any atom is -0.313 e. The Labute approximate surface area is 119 Å². The van der Waals surface area contributed by atoms with E-state index < -0.39 is 5.54 Å². The van der Waals surface area contributed by atoms with E-state index in [1.165, 1.54) is 25.9 Å². The lowest BCUT2D eigenvalue weighted by molar-refractivity contribution is 0.110. The monoisotopic (exact) mass is 265 g/mol. The molecule has 3 heteroatoms. The molecule has 2 N–H and O–H groups in total. The van der Waals surface area contributed by atoms with E-state index in [9.17, 15) is 0 Å². The first-order chi connectivity index (χ1) is 8.80. The molecule has 1 aliphatic heterocycles. The number of hydrogen-bond donors (Lipinski definition) is 1. The first kappa shape index (κ1) is 16.5. The molecule has 1 unspecified atom stereocenters. The fourth-order valence-corrected chi connectivity index (χ4v) is 2.95. The number of hydrogen-bond acceptors (Lipinski definition) is 3. The van der Waals surface area contributed by atoms with Crippen molar-refractivity contribution >= 4 is 0 Å². The van der Waals surface area contributed by atoms with E-state index in [1.54, 1.807) is 0 Å². The van der Waals surface area contributed by atoms with Crippen LogP contribution in [-0.4, -0.2) is 30.1 Å². The molecule has 0 aromatic carbocycles. The van der Waals surface area contributed by atoms with Crippen molar-refractivity contribution in [3.8, 4) is 6.07 Å². The maximum Gasteiger partial charge on any atom is 0.104 e. The zero-order chi connectivity index (χ0) is 14.5. The average Bonchev–Trinajstić information content (AvgIpc) is 2.38. The Morgan fingerprint density at radius 2 is 1.84 bits per heavy atom. The quantitative estimate of drug-likeness (QED) is 0.830. The predicted octanol–water partition coefficient (Wildman–Crippen LogP) is 3.16. The Morgan fingerprint density at radius 1 is 1.26 bits per heavy atom. The Hall–Kier alpha value is -0.590. The van der Waals surface area contributed by atoms with Crippen LogP contribution in [-0.2, 0) is 0 Å². The summed E-state index contributed by atoms with van der Waals surface area (Å²) in [5.41, 5.74) is 5.85. The second kappa shape index (κ2) is 6.72. The summed E-state index contributed by atoms with van der Waals surface area (Å²) in [4.78, 5) is 2.54. The van der Waals surface area contributed by atoms with Crippen LogP contribution in [0.2, 0.25) is 0 Å². The number of piperidine rings is 1. The third-order valence-corrected chi connectivity index (χ3v) is 4.76. The molecule has 1 saturated heterocycles. The van der Waals surface area contributed by atoms with E-state index in [4.69, 9.17) is 11.0 Å². The molecule has 110 valence electrons. The molecule has 1 fully saturated rings. The van der Waals surface area contributed by atoms with Crippen molar-refractivity contribution in [2.75, 3.05) is 19.6 Å². The third kappa shape index (κ3) is 5.12. The molecule has 0 spiro atoms. The highest BCUT2D eigenvalue weighted by Gasteiger charge is 2.29. The molecule has 0 aliphatic carbocycles. The van der Waals surface area contributed by atoms with Crippen molar-refractivity contribution < 1.29 is 0 Å². The van der Waals surface area contributed by atoms with Gasteiger partial charge in [0.15, 0.2) is 0 Å². The molecule has 0 saturated carbocycles. The average molecular weight is 265 g/mol. The summed E-state index contributed by atoms with van der Waals surface area (Å²) < 4.78 is 0.